The molecule has 0 spiro atoms. The highest BCUT2D eigenvalue weighted by Crippen LogP contribution is 2.20. The summed E-state index contributed by atoms with van der Waals surface area (Å²) in [5.74, 6) is -0.347. The minimum Gasteiger partial charge on any atom is -0.293 e. The average Bonchev–Trinajstić information content (AvgIpc) is 2.26. The van der Waals surface area contributed by atoms with Crippen molar-refractivity contribution in [3.8, 4) is 6.07 Å². The largest absolute Gasteiger partial charge is 0.293 e. The van der Waals surface area contributed by atoms with E-state index in [2.05, 4.69) is 15.9 Å². The molecule has 0 heterocycles. The third kappa shape index (κ3) is 2.44. The number of alkyl halides is 1. The first-order valence-corrected chi connectivity index (χ1v) is 5.25. The van der Waals surface area contributed by atoms with Gasteiger partial charge >= 0.3 is 0 Å². The topological polar surface area (TPSA) is 84.0 Å². The smallest absolute Gasteiger partial charge is 0.270 e. The number of nitro groups is 1. The highest BCUT2D eigenvalue weighted by molar-refractivity contribution is 9.10. The zero-order chi connectivity index (χ0) is 12.3. The number of halogens is 1. The summed E-state index contributed by atoms with van der Waals surface area (Å²) in [5, 5.41) is 19.3. The fraction of sp³-hybridized carbons (Fsp3) is 0.200. The Hall–Kier alpha value is -1.74. The molecule has 0 N–H and O–H groups in total. The van der Waals surface area contributed by atoms with Crippen molar-refractivity contribution < 1.29 is 9.72 Å². The van der Waals surface area contributed by atoms with Crippen LogP contribution in [0.4, 0.5) is 5.69 Å². The Morgan fingerprint density at radius 2 is 2.25 bits per heavy atom. The molecule has 0 amide bonds. The maximum absolute atomic E-state index is 11.7. The quantitative estimate of drug-likeness (QED) is 0.369. The van der Waals surface area contributed by atoms with Crippen LogP contribution in [0.15, 0.2) is 18.2 Å². The van der Waals surface area contributed by atoms with Gasteiger partial charge in [0.15, 0.2) is 5.78 Å². The zero-order valence-electron chi connectivity index (χ0n) is 8.31. The van der Waals surface area contributed by atoms with Crippen molar-refractivity contribution in [2.45, 2.75) is 11.8 Å². The third-order valence-electron chi connectivity index (χ3n) is 1.96. The molecule has 82 valence electrons. The van der Waals surface area contributed by atoms with Crippen molar-refractivity contribution in [1.29, 1.82) is 5.26 Å². The predicted octanol–water partition coefficient (Wildman–Crippen LogP) is 2.43. The van der Waals surface area contributed by atoms with E-state index in [0.29, 0.717) is 0 Å². The fourth-order valence-electron chi connectivity index (χ4n) is 1.16. The third-order valence-corrected chi connectivity index (χ3v) is 2.38. The van der Waals surface area contributed by atoms with E-state index in [1.54, 1.807) is 6.92 Å². The van der Waals surface area contributed by atoms with Crippen molar-refractivity contribution in [2.24, 2.45) is 0 Å². The molecule has 0 aromatic heterocycles. The van der Waals surface area contributed by atoms with Crippen LogP contribution in [0.25, 0.3) is 0 Å². The Bertz CT molecular complexity index is 491. The molecule has 0 aliphatic rings. The van der Waals surface area contributed by atoms with Crippen LogP contribution >= 0.6 is 15.9 Å². The van der Waals surface area contributed by atoms with Crippen LogP contribution in [-0.2, 0) is 0 Å². The van der Waals surface area contributed by atoms with Crippen LogP contribution < -0.4 is 0 Å². The van der Waals surface area contributed by atoms with Crippen LogP contribution in [-0.4, -0.2) is 15.5 Å². The van der Waals surface area contributed by atoms with Gasteiger partial charge in [-0.2, -0.15) is 5.26 Å². The molecule has 1 unspecified atom stereocenters. The van der Waals surface area contributed by atoms with Gasteiger partial charge < -0.3 is 0 Å². The first-order chi connectivity index (χ1) is 7.47. The van der Waals surface area contributed by atoms with E-state index in [4.69, 9.17) is 5.26 Å². The van der Waals surface area contributed by atoms with Crippen molar-refractivity contribution >= 4 is 27.4 Å². The molecule has 0 fully saturated rings. The van der Waals surface area contributed by atoms with Crippen molar-refractivity contribution in [1.82, 2.24) is 0 Å². The molecule has 0 bridgehead atoms. The molecule has 0 aliphatic heterocycles. The second-order valence-corrected chi connectivity index (χ2v) is 4.45. The van der Waals surface area contributed by atoms with Gasteiger partial charge in [-0.1, -0.05) is 15.9 Å². The lowest BCUT2D eigenvalue weighted by molar-refractivity contribution is -0.384. The highest BCUT2D eigenvalue weighted by Gasteiger charge is 2.19. The molecular formula is C10H7BrN2O3. The number of benzene rings is 1. The molecule has 5 nitrogen and oxygen atoms in total. The maximum atomic E-state index is 11.7. The molecule has 1 aromatic rings. The van der Waals surface area contributed by atoms with Crippen LogP contribution in [0.5, 0.6) is 0 Å². The van der Waals surface area contributed by atoms with E-state index in [-0.39, 0.29) is 22.6 Å². The van der Waals surface area contributed by atoms with Gasteiger partial charge in [-0.15, -0.1) is 0 Å². The van der Waals surface area contributed by atoms with E-state index in [0.717, 1.165) is 6.07 Å². The Balaban J connectivity index is 3.34. The molecule has 0 aliphatic carbocycles. The molecule has 6 heteroatoms. The molecule has 0 saturated carbocycles. The molecule has 16 heavy (non-hydrogen) atoms. The molecule has 0 radical (unpaired) electrons. The SMILES string of the molecule is CC(Br)C(=O)c1cc([N+](=O)[O-])ccc1C#N. The summed E-state index contributed by atoms with van der Waals surface area (Å²) >= 11 is 3.07. The number of carbonyl (C=O) groups is 1. The minimum absolute atomic E-state index is 0.0704. The summed E-state index contributed by atoms with van der Waals surface area (Å²) in [6, 6.07) is 5.44. The number of non-ortho nitro benzene ring substituents is 1. The number of hydrogen-bond donors (Lipinski definition) is 0. The average molecular weight is 283 g/mol. The Morgan fingerprint density at radius 1 is 1.62 bits per heavy atom. The number of rotatable bonds is 3. The number of nitriles is 1. The lowest BCUT2D eigenvalue weighted by atomic mass is 10.0. The van der Waals surface area contributed by atoms with Gasteiger partial charge in [0.1, 0.15) is 0 Å². The number of carbonyl (C=O) groups excluding carboxylic acids is 1. The lowest BCUT2D eigenvalue weighted by Gasteiger charge is -2.04. The van der Waals surface area contributed by atoms with E-state index < -0.39 is 9.75 Å². The molecule has 1 atom stereocenters. The van der Waals surface area contributed by atoms with Gasteiger partial charge in [0.05, 0.1) is 21.4 Å². The van der Waals surface area contributed by atoms with Crippen LogP contribution in [0, 0.1) is 21.4 Å². The standard InChI is InChI=1S/C10H7BrN2O3/c1-6(11)10(14)9-4-8(13(15)16)3-2-7(9)5-12/h2-4,6H,1H3. The van der Waals surface area contributed by atoms with E-state index in [1.807, 2.05) is 6.07 Å². The first-order valence-electron chi connectivity index (χ1n) is 4.34. The van der Waals surface area contributed by atoms with Crippen LogP contribution in [0.3, 0.4) is 0 Å². The van der Waals surface area contributed by atoms with Crippen LogP contribution in [0.1, 0.15) is 22.8 Å². The molecule has 1 rings (SSSR count). The van der Waals surface area contributed by atoms with E-state index in [1.165, 1.54) is 12.1 Å². The Kier molecular flexibility index (Phi) is 3.74. The van der Waals surface area contributed by atoms with Gasteiger partial charge in [0, 0.05) is 17.7 Å². The molecule has 0 saturated heterocycles. The number of ketones is 1. The monoisotopic (exact) mass is 282 g/mol. The predicted molar refractivity (Wildman–Crippen MR) is 60.5 cm³/mol. The number of nitrogens with zero attached hydrogens (tertiary/aromatic N) is 2. The minimum atomic E-state index is -0.600. The second-order valence-electron chi connectivity index (χ2n) is 3.08. The van der Waals surface area contributed by atoms with E-state index in [9.17, 15) is 14.9 Å². The molecule has 1 aromatic carbocycles. The second kappa shape index (κ2) is 4.86. The fourth-order valence-corrected chi connectivity index (χ4v) is 1.41. The van der Waals surface area contributed by atoms with Gasteiger partial charge in [-0.25, -0.2) is 0 Å². The van der Waals surface area contributed by atoms with Crippen LogP contribution in [0.2, 0.25) is 0 Å². The van der Waals surface area contributed by atoms with Crippen molar-refractivity contribution in [2.75, 3.05) is 0 Å². The highest BCUT2D eigenvalue weighted by atomic mass is 79.9. The van der Waals surface area contributed by atoms with Gasteiger partial charge in [0.25, 0.3) is 5.69 Å². The Labute approximate surface area is 100.0 Å². The molecular weight excluding hydrogens is 276 g/mol. The van der Waals surface area contributed by atoms with Gasteiger partial charge in [-0.05, 0) is 13.0 Å². The normalized spacial score (nSPS) is 11.6. The first kappa shape index (κ1) is 12.3. The summed E-state index contributed by atoms with van der Waals surface area (Å²) in [7, 11) is 0. The number of hydrogen-bond acceptors (Lipinski definition) is 4. The lowest BCUT2D eigenvalue weighted by Crippen LogP contribution is -2.12. The summed E-state index contributed by atoms with van der Waals surface area (Å²) in [6.45, 7) is 1.60. The number of nitro benzene ring substituents is 1. The van der Waals surface area contributed by atoms with Crippen molar-refractivity contribution in [3.05, 3.63) is 39.4 Å². The van der Waals surface area contributed by atoms with E-state index >= 15 is 0 Å². The summed E-state index contributed by atoms with van der Waals surface area (Å²) < 4.78 is 0. The summed E-state index contributed by atoms with van der Waals surface area (Å²) in [4.78, 5) is 21.1. The Morgan fingerprint density at radius 3 is 2.69 bits per heavy atom. The maximum Gasteiger partial charge on any atom is 0.270 e. The number of Topliss-reactive ketones (excluding diaryl/α,β-unsaturated/α-hetero) is 1. The summed E-state index contributed by atoms with van der Waals surface area (Å²) in [6.07, 6.45) is 0. The summed E-state index contributed by atoms with van der Waals surface area (Å²) in [5.41, 5.74) is 0.0125. The van der Waals surface area contributed by atoms with Gasteiger partial charge in [-0.3, -0.25) is 14.9 Å². The van der Waals surface area contributed by atoms with Gasteiger partial charge in [0.2, 0.25) is 0 Å². The van der Waals surface area contributed by atoms with Crippen molar-refractivity contribution in [3.63, 3.8) is 0 Å². The zero-order valence-corrected chi connectivity index (χ0v) is 9.89.